The summed E-state index contributed by atoms with van der Waals surface area (Å²) in [6.07, 6.45) is 7.94. The third-order valence-electron chi connectivity index (χ3n) is 9.75. The predicted octanol–water partition coefficient (Wildman–Crippen LogP) is 6.70. The number of hydrogen-bond acceptors (Lipinski definition) is 4. The minimum absolute atomic E-state index is 0.0692. The van der Waals surface area contributed by atoms with Gasteiger partial charge >= 0.3 is 0 Å². The summed E-state index contributed by atoms with van der Waals surface area (Å²) in [5.41, 5.74) is 4.02. The summed E-state index contributed by atoms with van der Waals surface area (Å²) >= 11 is 0. The van der Waals surface area contributed by atoms with Crippen LogP contribution in [0, 0.1) is 0 Å². The number of hydrogen-bond donors (Lipinski definition) is 2. The third-order valence-corrected chi connectivity index (χ3v) is 9.75. The molecule has 40 heavy (non-hydrogen) atoms. The first kappa shape index (κ1) is 31.8. The van der Waals surface area contributed by atoms with E-state index < -0.39 is 0 Å². The Morgan fingerprint density at radius 3 is 1.30 bits per heavy atom. The lowest BCUT2D eigenvalue weighted by Crippen LogP contribution is -2.46. The van der Waals surface area contributed by atoms with Crippen LogP contribution in [0.25, 0.3) is 0 Å². The van der Waals surface area contributed by atoms with Gasteiger partial charge in [0.1, 0.15) is 24.6 Å². The second kappa shape index (κ2) is 14.8. The monoisotopic (exact) mass is 550 g/mol. The van der Waals surface area contributed by atoms with Gasteiger partial charge in [0, 0.05) is 34.7 Å². The van der Waals surface area contributed by atoms with Crippen LogP contribution < -0.4 is 0 Å². The maximum atomic E-state index is 10.6. The highest BCUT2D eigenvalue weighted by atomic mass is 16.3. The number of nitrogens with zero attached hydrogens (tertiary/aromatic N) is 4. The van der Waals surface area contributed by atoms with Crippen molar-refractivity contribution in [3.63, 3.8) is 0 Å². The molecule has 1 fully saturated rings. The number of phenols is 2. The van der Waals surface area contributed by atoms with Gasteiger partial charge in [0.25, 0.3) is 0 Å². The molecule has 0 heterocycles. The molecule has 0 spiro atoms. The van der Waals surface area contributed by atoms with E-state index in [9.17, 15) is 10.2 Å². The summed E-state index contributed by atoms with van der Waals surface area (Å²) in [5.74, 6) is 0.543. The van der Waals surface area contributed by atoms with Gasteiger partial charge in [-0.3, -0.25) is 9.98 Å². The number of aliphatic imine (C=N–C) groups is 2. The van der Waals surface area contributed by atoms with E-state index in [4.69, 9.17) is 9.98 Å². The van der Waals surface area contributed by atoms with E-state index in [0.29, 0.717) is 0 Å². The van der Waals surface area contributed by atoms with Crippen molar-refractivity contribution in [2.24, 2.45) is 9.98 Å². The fourth-order valence-corrected chi connectivity index (χ4v) is 6.19. The zero-order valence-corrected chi connectivity index (χ0v) is 25.9. The lowest BCUT2D eigenvalue weighted by Gasteiger charge is -2.36. The van der Waals surface area contributed by atoms with Crippen molar-refractivity contribution in [1.29, 1.82) is 0 Å². The molecule has 0 saturated heterocycles. The second-order valence-electron chi connectivity index (χ2n) is 11.7. The number of quaternary nitrogens is 2. The predicted molar refractivity (Wildman–Crippen MR) is 169 cm³/mol. The molecular weight excluding hydrogens is 496 g/mol. The van der Waals surface area contributed by atoms with Crippen LogP contribution in [0.3, 0.4) is 0 Å². The van der Waals surface area contributed by atoms with Crippen molar-refractivity contribution < 1.29 is 19.2 Å². The summed E-state index contributed by atoms with van der Waals surface area (Å²) in [7, 11) is 0. The van der Waals surface area contributed by atoms with Crippen LogP contribution in [0.5, 0.6) is 11.5 Å². The van der Waals surface area contributed by atoms with E-state index in [2.05, 4.69) is 53.7 Å². The molecule has 0 amide bonds. The van der Waals surface area contributed by atoms with Crippen LogP contribution in [0.2, 0.25) is 0 Å². The Morgan fingerprint density at radius 1 is 0.625 bits per heavy atom. The van der Waals surface area contributed by atoms with Crippen LogP contribution in [-0.2, 0) is 13.1 Å². The molecule has 2 atom stereocenters. The molecule has 2 N–H and O–H groups in total. The molecule has 0 bridgehead atoms. The summed E-state index contributed by atoms with van der Waals surface area (Å²) in [4.78, 5) is 9.92. The summed E-state index contributed by atoms with van der Waals surface area (Å²) in [6, 6.07) is 12.0. The van der Waals surface area contributed by atoms with Gasteiger partial charge in [-0.05, 0) is 90.8 Å². The Hall–Kier alpha value is -2.70. The van der Waals surface area contributed by atoms with E-state index in [0.717, 1.165) is 98.1 Å². The normalized spacial score (nSPS) is 18.6. The third kappa shape index (κ3) is 7.94. The van der Waals surface area contributed by atoms with E-state index in [1.165, 1.54) is 11.1 Å². The highest BCUT2D eigenvalue weighted by molar-refractivity contribution is 5.84. The second-order valence-corrected chi connectivity index (χ2v) is 11.7. The highest BCUT2D eigenvalue weighted by Gasteiger charge is 2.25. The van der Waals surface area contributed by atoms with Gasteiger partial charge in [0.05, 0.1) is 51.4 Å². The summed E-state index contributed by atoms with van der Waals surface area (Å²) < 4.78 is 2.06. The lowest BCUT2D eigenvalue weighted by molar-refractivity contribution is -0.936. The SMILES string of the molecule is CC[N+](CC)(CC)Cc1ccc(O)c(C=N[C@@H]2CCCC[C@H]2N=Cc2cc(C[N+](CC)(CC)CC)ccc2O)c1. The van der Waals surface area contributed by atoms with Crippen LogP contribution in [-0.4, -0.2) is 83.0 Å². The standard InChI is InChI=1S/C34H52N4O2/c1-7-37(8-2,9-3)25-27-17-19-33(39)29(21-27)23-35-31-15-13-14-16-32(31)36-24-30-22-28(18-20-34(30)40)26-38(10-4,11-5)12-6/h17-24,31-32H,7-16,25-26H2,1-6H3/p+2/t31-,32-/m1/s1. The lowest BCUT2D eigenvalue weighted by atomic mass is 9.91. The number of phenolic OH excluding ortho intramolecular Hbond substituents is 2. The topological polar surface area (TPSA) is 65.2 Å². The first-order valence-corrected chi connectivity index (χ1v) is 15.7. The molecule has 3 rings (SSSR count). The maximum absolute atomic E-state index is 10.6. The van der Waals surface area contributed by atoms with E-state index in [1.54, 1.807) is 0 Å². The molecule has 0 aliphatic heterocycles. The minimum atomic E-state index is 0.0692. The van der Waals surface area contributed by atoms with Crippen molar-refractivity contribution in [3.05, 3.63) is 58.7 Å². The highest BCUT2D eigenvalue weighted by Crippen LogP contribution is 2.27. The minimum Gasteiger partial charge on any atom is -0.507 e. The van der Waals surface area contributed by atoms with Gasteiger partial charge in [-0.25, -0.2) is 0 Å². The first-order valence-electron chi connectivity index (χ1n) is 15.7. The largest absolute Gasteiger partial charge is 0.507 e. The molecule has 1 saturated carbocycles. The van der Waals surface area contributed by atoms with E-state index in [1.807, 2.05) is 36.7 Å². The Bertz CT molecular complexity index is 1030. The average Bonchev–Trinajstić information content (AvgIpc) is 2.99. The zero-order valence-electron chi connectivity index (χ0n) is 25.9. The zero-order chi connectivity index (χ0) is 29.2. The van der Waals surface area contributed by atoms with Crippen LogP contribution in [0.1, 0.15) is 89.5 Å². The maximum Gasteiger partial charge on any atom is 0.124 e. The molecule has 2 aromatic rings. The molecule has 0 radical (unpaired) electrons. The smallest absolute Gasteiger partial charge is 0.124 e. The van der Waals surface area contributed by atoms with Crippen molar-refractivity contribution in [1.82, 2.24) is 0 Å². The molecule has 0 unspecified atom stereocenters. The van der Waals surface area contributed by atoms with Gasteiger partial charge in [0.2, 0.25) is 0 Å². The molecule has 0 aromatic heterocycles. The summed E-state index contributed by atoms with van der Waals surface area (Å²) in [5, 5.41) is 21.2. The van der Waals surface area contributed by atoms with Crippen molar-refractivity contribution in [2.75, 3.05) is 39.3 Å². The first-order chi connectivity index (χ1) is 19.3. The molecular formula is C34H54N4O2+2. The Labute approximate surface area is 243 Å². The van der Waals surface area contributed by atoms with Crippen molar-refractivity contribution in [3.8, 4) is 11.5 Å². The molecule has 2 aromatic carbocycles. The molecule has 6 nitrogen and oxygen atoms in total. The van der Waals surface area contributed by atoms with Crippen molar-refractivity contribution >= 4 is 12.4 Å². The number of rotatable bonds is 14. The van der Waals surface area contributed by atoms with Crippen LogP contribution >= 0.6 is 0 Å². The molecule has 6 heteroatoms. The fourth-order valence-electron chi connectivity index (χ4n) is 6.19. The Balaban J connectivity index is 1.78. The van der Waals surface area contributed by atoms with Gasteiger partial charge in [-0.1, -0.05) is 12.8 Å². The van der Waals surface area contributed by atoms with Crippen LogP contribution in [0.15, 0.2) is 46.4 Å². The Kier molecular flexibility index (Phi) is 11.8. The number of benzene rings is 2. The van der Waals surface area contributed by atoms with E-state index >= 15 is 0 Å². The fraction of sp³-hybridized carbons (Fsp3) is 0.588. The molecule has 220 valence electrons. The summed E-state index contributed by atoms with van der Waals surface area (Å²) in [6.45, 7) is 22.0. The van der Waals surface area contributed by atoms with Gasteiger partial charge in [-0.2, -0.15) is 0 Å². The van der Waals surface area contributed by atoms with E-state index in [-0.39, 0.29) is 23.6 Å². The molecule has 1 aliphatic rings. The van der Waals surface area contributed by atoms with Gasteiger partial charge in [-0.15, -0.1) is 0 Å². The molecule has 1 aliphatic carbocycles. The van der Waals surface area contributed by atoms with Gasteiger partial charge in [0.15, 0.2) is 0 Å². The number of aromatic hydroxyl groups is 2. The van der Waals surface area contributed by atoms with Gasteiger partial charge < -0.3 is 19.2 Å². The van der Waals surface area contributed by atoms with Crippen molar-refractivity contribution in [2.45, 2.75) is 92.4 Å². The van der Waals surface area contributed by atoms with Crippen LogP contribution in [0.4, 0.5) is 0 Å². The Morgan fingerprint density at radius 2 is 0.975 bits per heavy atom. The average molecular weight is 551 g/mol. The quantitative estimate of drug-likeness (QED) is 0.203.